The number of piperidine rings is 1. The van der Waals surface area contributed by atoms with Gasteiger partial charge in [0.1, 0.15) is 11.8 Å². The van der Waals surface area contributed by atoms with E-state index in [0.29, 0.717) is 12.0 Å². The third-order valence-electron chi connectivity index (χ3n) is 5.93. The van der Waals surface area contributed by atoms with E-state index in [1.54, 1.807) is 0 Å². The zero-order valence-corrected chi connectivity index (χ0v) is 15.8. The molecule has 0 saturated carbocycles. The molecule has 0 aliphatic carbocycles. The number of aryl methyl sites for hydroxylation is 1. The molecule has 3 saturated heterocycles. The molecule has 2 bridgehead atoms. The molecule has 4 heterocycles. The summed E-state index contributed by atoms with van der Waals surface area (Å²) in [7, 11) is 0. The fourth-order valence-corrected chi connectivity index (χ4v) is 4.55. The van der Waals surface area contributed by atoms with Gasteiger partial charge in [0.15, 0.2) is 0 Å². The first-order valence-corrected chi connectivity index (χ1v) is 9.85. The number of carbonyl (C=O) groups is 1. The summed E-state index contributed by atoms with van der Waals surface area (Å²) in [4.78, 5) is 17.5. The predicted octanol–water partition coefficient (Wildman–Crippen LogP) is 3.12. The van der Waals surface area contributed by atoms with Crippen LogP contribution in [0.3, 0.4) is 0 Å². The molecule has 1 aromatic carbocycles. The van der Waals surface area contributed by atoms with Gasteiger partial charge in [-0.3, -0.25) is 9.69 Å². The van der Waals surface area contributed by atoms with Crippen molar-refractivity contribution >= 4 is 5.91 Å². The van der Waals surface area contributed by atoms with Crippen molar-refractivity contribution in [2.45, 2.75) is 38.9 Å². The molecule has 0 N–H and O–H groups in total. The number of carbonyl (C=O) groups excluding carboxylic acids is 1. The number of amides is 1. The summed E-state index contributed by atoms with van der Waals surface area (Å²) in [5, 5.41) is 9.29. The smallest absolute Gasteiger partial charge is 0.253 e. The van der Waals surface area contributed by atoms with Gasteiger partial charge in [0.25, 0.3) is 5.91 Å². The van der Waals surface area contributed by atoms with Crippen LogP contribution >= 0.6 is 0 Å². The average molecular weight is 362 g/mol. The van der Waals surface area contributed by atoms with Gasteiger partial charge < -0.3 is 9.47 Å². The number of aromatic nitrogens is 1. The third kappa shape index (κ3) is 3.63. The molecule has 0 unspecified atom stereocenters. The van der Waals surface area contributed by atoms with Crippen molar-refractivity contribution in [2.24, 2.45) is 5.92 Å². The van der Waals surface area contributed by atoms with E-state index in [2.05, 4.69) is 29.0 Å². The molecule has 1 amide bonds. The summed E-state index contributed by atoms with van der Waals surface area (Å²) >= 11 is 0. The Morgan fingerprint density at radius 1 is 1.19 bits per heavy atom. The summed E-state index contributed by atoms with van der Waals surface area (Å²) in [6, 6.07) is 14.3. The van der Waals surface area contributed by atoms with Crippen LogP contribution in [0.1, 0.15) is 41.4 Å². The van der Waals surface area contributed by atoms with Crippen LogP contribution in [0, 0.1) is 17.2 Å². The van der Waals surface area contributed by atoms with E-state index in [0.717, 1.165) is 50.4 Å². The number of hydrogen-bond donors (Lipinski definition) is 0. The molecule has 0 radical (unpaired) electrons. The van der Waals surface area contributed by atoms with Crippen LogP contribution in [0.5, 0.6) is 0 Å². The lowest BCUT2D eigenvalue weighted by atomic mass is 9.94. The maximum atomic E-state index is 12.9. The Kier molecular flexibility index (Phi) is 5.00. The molecule has 3 aliphatic rings. The fraction of sp³-hybridized carbons (Fsp3) is 0.455. The first-order valence-electron chi connectivity index (χ1n) is 9.85. The van der Waals surface area contributed by atoms with Crippen LogP contribution in [0.15, 0.2) is 42.6 Å². The molecule has 5 heteroatoms. The van der Waals surface area contributed by atoms with Crippen LogP contribution in [-0.4, -0.2) is 46.0 Å². The number of fused-ring (bicyclic) bond motifs is 4. The molecule has 2 atom stereocenters. The van der Waals surface area contributed by atoms with Crippen molar-refractivity contribution < 1.29 is 4.79 Å². The van der Waals surface area contributed by atoms with Gasteiger partial charge in [0.05, 0.1) is 0 Å². The normalized spacial score (nSPS) is 22.4. The lowest BCUT2D eigenvalue weighted by Gasteiger charge is -2.35. The Morgan fingerprint density at radius 2 is 2.00 bits per heavy atom. The highest BCUT2D eigenvalue weighted by Gasteiger charge is 2.36. The van der Waals surface area contributed by atoms with Gasteiger partial charge in [-0.05, 0) is 49.4 Å². The van der Waals surface area contributed by atoms with Crippen molar-refractivity contribution in [3.05, 3.63) is 59.4 Å². The quantitative estimate of drug-likeness (QED) is 0.840. The minimum atomic E-state index is 0.151. The van der Waals surface area contributed by atoms with Crippen molar-refractivity contribution in [1.82, 2.24) is 14.4 Å². The summed E-state index contributed by atoms with van der Waals surface area (Å²) < 4.78 is 2.01. The SMILES string of the molecule is CCn1cc(CN2C[C@H]3CC[C@@H]2CN(C(=O)c2ccccc2)C3)cc1C#N. The Hall–Kier alpha value is -2.58. The Bertz CT molecular complexity index is 851. The lowest BCUT2D eigenvalue weighted by Crippen LogP contribution is -2.43. The number of nitriles is 1. The van der Waals surface area contributed by atoms with E-state index in [4.69, 9.17) is 0 Å². The van der Waals surface area contributed by atoms with Crippen molar-refractivity contribution in [1.29, 1.82) is 5.26 Å². The second-order valence-electron chi connectivity index (χ2n) is 7.73. The molecule has 5 rings (SSSR count). The third-order valence-corrected chi connectivity index (χ3v) is 5.93. The van der Waals surface area contributed by atoms with Crippen molar-refractivity contribution in [2.75, 3.05) is 19.6 Å². The molecule has 3 fully saturated rings. The fourth-order valence-electron chi connectivity index (χ4n) is 4.55. The number of rotatable bonds is 4. The summed E-state index contributed by atoms with van der Waals surface area (Å²) in [5.41, 5.74) is 2.71. The number of hydrogen-bond acceptors (Lipinski definition) is 3. The molecule has 5 nitrogen and oxygen atoms in total. The predicted molar refractivity (Wildman–Crippen MR) is 104 cm³/mol. The van der Waals surface area contributed by atoms with Gasteiger partial charge in [-0.1, -0.05) is 18.2 Å². The summed E-state index contributed by atoms with van der Waals surface area (Å²) in [6.07, 6.45) is 4.44. The summed E-state index contributed by atoms with van der Waals surface area (Å²) in [5.74, 6) is 0.679. The van der Waals surface area contributed by atoms with E-state index < -0.39 is 0 Å². The first-order chi connectivity index (χ1) is 13.2. The van der Waals surface area contributed by atoms with Gasteiger partial charge in [-0.15, -0.1) is 0 Å². The molecule has 140 valence electrons. The Balaban J connectivity index is 1.49. The van der Waals surface area contributed by atoms with Crippen molar-refractivity contribution in [3.63, 3.8) is 0 Å². The van der Waals surface area contributed by atoms with Crippen LogP contribution in [-0.2, 0) is 13.1 Å². The molecule has 27 heavy (non-hydrogen) atoms. The van der Waals surface area contributed by atoms with Crippen LogP contribution in [0.2, 0.25) is 0 Å². The van der Waals surface area contributed by atoms with Crippen LogP contribution in [0.25, 0.3) is 0 Å². The summed E-state index contributed by atoms with van der Waals surface area (Å²) in [6.45, 7) is 6.41. The monoisotopic (exact) mass is 362 g/mol. The van der Waals surface area contributed by atoms with E-state index in [1.165, 1.54) is 12.0 Å². The van der Waals surface area contributed by atoms with Gasteiger partial charge in [0, 0.05) is 50.5 Å². The van der Waals surface area contributed by atoms with Crippen molar-refractivity contribution in [3.8, 4) is 6.07 Å². The molecule has 1 aromatic heterocycles. The van der Waals surface area contributed by atoms with Gasteiger partial charge >= 0.3 is 0 Å². The largest absolute Gasteiger partial charge is 0.339 e. The van der Waals surface area contributed by atoms with Gasteiger partial charge in [-0.2, -0.15) is 5.26 Å². The highest BCUT2D eigenvalue weighted by atomic mass is 16.2. The van der Waals surface area contributed by atoms with E-state index >= 15 is 0 Å². The first kappa shape index (κ1) is 17.8. The second-order valence-corrected chi connectivity index (χ2v) is 7.73. The minimum absolute atomic E-state index is 0.151. The van der Waals surface area contributed by atoms with E-state index in [9.17, 15) is 10.1 Å². The topological polar surface area (TPSA) is 52.3 Å². The number of nitrogens with zero attached hydrogens (tertiary/aromatic N) is 4. The van der Waals surface area contributed by atoms with Gasteiger partial charge in [-0.25, -0.2) is 0 Å². The molecule has 3 aliphatic heterocycles. The minimum Gasteiger partial charge on any atom is -0.339 e. The molecular formula is C22H26N4O. The van der Waals surface area contributed by atoms with E-state index in [-0.39, 0.29) is 5.91 Å². The zero-order chi connectivity index (χ0) is 18.8. The molecule has 0 spiro atoms. The van der Waals surface area contributed by atoms with E-state index in [1.807, 2.05) is 41.0 Å². The number of benzene rings is 1. The standard InChI is InChI=1S/C22H26N4O/c1-2-24-14-18(10-21(24)11-23)15-25-12-17-8-9-20(25)16-26(13-17)22(27)19-6-4-3-5-7-19/h3-7,10,14,17,20H,2,8-9,12-13,15-16H2,1H3/t17-,20-/m1/s1. The Labute approximate surface area is 160 Å². The highest BCUT2D eigenvalue weighted by Crippen LogP contribution is 2.30. The Morgan fingerprint density at radius 3 is 2.70 bits per heavy atom. The van der Waals surface area contributed by atoms with Crippen LogP contribution in [0.4, 0.5) is 0 Å². The zero-order valence-electron chi connectivity index (χ0n) is 15.8. The van der Waals surface area contributed by atoms with Crippen LogP contribution < -0.4 is 0 Å². The molecular weight excluding hydrogens is 336 g/mol. The molecule has 2 aromatic rings. The highest BCUT2D eigenvalue weighted by molar-refractivity contribution is 5.94. The second kappa shape index (κ2) is 7.58. The lowest BCUT2D eigenvalue weighted by molar-refractivity contribution is 0.0736. The van der Waals surface area contributed by atoms with Gasteiger partial charge in [0.2, 0.25) is 0 Å². The average Bonchev–Trinajstić information content (AvgIpc) is 2.88. The maximum Gasteiger partial charge on any atom is 0.253 e. The maximum absolute atomic E-state index is 12.9.